The fraction of sp³-hybridized carbons (Fsp3) is 0.263. The van der Waals surface area contributed by atoms with Gasteiger partial charge in [-0.05, 0) is 35.9 Å². The second-order valence-electron chi connectivity index (χ2n) is 6.91. The smallest absolute Gasteiger partial charge is 0.383 e. The van der Waals surface area contributed by atoms with Gasteiger partial charge in [0.2, 0.25) is 5.91 Å². The lowest BCUT2D eigenvalue weighted by Crippen LogP contribution is -2.15. The Balaban J connectivity index is 1.76. The number of nitrogens with zero attached hydrogens (tertiary/aromatic N) is 3. The molecule has 3 N–H and O–H groups in total. The molecule has 1 aliphatic carbocycles. The first-order valence-corrected chi connectivity index (χ1v) is 8.63. The Labute approximate surface area is 158 Å². The van der Waals surface area contributed by atoms with E-state index in [4.69, 9.17) is 5.73 Å². The molecule has 1 amide bonds. The van der Waals surface area contributed by atoms with Crippen molar-refractivity contribution in [3.63, 3.8) is 0 Å². The lowest BCUT2D eigenvalue weighted by atomic mass is 10.0. The van der Waals surface area contributed by atoms with Gasteiger partial charge < -0.3 is 11.1 Å². The molecule has 2 atom stereocenters. The highest BCUT2D eigenvalue weighted by Gasteiger charge is 2.39. The van der Waals surface area contributed by atoms with Crippen molar-refractivity contribution in [2.75, 3.05) is 11.1 Å². The van der Waals surface area contributed by atoms with E-state index in [9.17, 15) is 18.0 Å². The number of alkyl halides is 3. The third kappa shape index (κ3) is 3.35. The van der Waals surface area contributed by atoms with Crippen LogP contribution in [0.1, 0.15) is 18.9 Å². The average Bonchev–Trinajstić information content (AvgIpc) is 3.37. The molecule has 3 aromatic rings. The molecular weight excluding hydrogens is 371 g/mol. The Morgan fingerprint density at radius 1 is 1.29 bits per heavy atom. The van der Waals surface area contributed by atoms with Crippen LogP contribution in [0.2, 0.25) is 0 Å². The Kier molecular flexibility index (Phi) is 4.17. The summed E-state index contributed by atoms with van der Waals surface area (Å²) in [6.07, 6.45) is -0.0904. The molecule has 28 heavy (non-hydrogen) atoms. The summed E-state index contributed by atoms with van der Waals surface area (Å²) in [5, 5.41) is 3.74. The van der Waals surface area contributed by atoms with E-state index in [2.05, 4.69) is 20.3 Å². The van der Waals surface area contributed by atoms with Gasteiger partial charge in [0.15, 0.2) is 0 Å². The second kappa shape index (κ2) is 6.43. The zero-order valence-corrected chi connectivity index (χ0v) is 14.8. The molecule has 144 valence electrons. The van der Waals surface area contributed by atoms with Gasteiger partial charge in [0.1, 0.15) is 11.6 Å². The normalized spacial score (nSPS) is 18.9. The fourth-order valence-electron chi connectivity index (χ4n) is 3.13. The highest BCUT2D eigenvalue weighted by Crippen LogP contribution is 2.39. The van der Waals surface area contributed by atoms with Crippen molar-refractivity contribution in [1.82, 2.24) is 15.0 Å². The van der Waals surface area contributed by atoms with Crippen LogP contribution in [0, 0.1) is 11.8 Å². The van der Waals surface area contributed by atoms with E-state index in [1.807, 2.05) is 6.92 Å². The first kappa shape index (κ1) is 18.1. The first-order chi connectivity index (χ1) is 13.2. The molecule has 6 nitrogen and oxygen atoms in total. The summed E-state index contributed by atoms with van der Waals surface area (Å²) >= 11 is 0. The number of pyridine rings is 3. The van der Waals surface area contributed by atoms with E-state index in [0.29, 0.717) is 22.5 Å². The van der Waals surface area contributed by atoms with E-state index in [1.165, 1.54) is 12.3 Å². The van der Waals surface area contributed by atoms with Crippen LogP contribution in [0.25, 0.3) is 22.0 Å². The third-order valence-corrected chi connectivity index (χ3v) is 4.84. The number of carbonyl (C=O) groups excluding carboxylic acids is 1. The van der Waals surface area contributed by atoms with Crippen LogP contribution < -0.4 is 11.1 Å². The number of amides is 1. The summed E-state index contributed by atoms with van der Waals surface area (Å²) in [4.78, 5) is 24.1. The molecule has 9 heteroatoms. The van der Waals surface area contributed by atoms with Gasteiger partial charge in [-0.2, -0.15) is 13.2 Å². The Hall–Kier alpha value is -3.23. The van der Waals surface area contributed by atoms with Crippen molar-refractivity contribution in [3.8, 4) is 11.3 Å². The minimum atomic E-state index is -4.55. The zero-order valence-electron chi connectivity index (χ0n) is 14.8. The maximum absolute atomic E-state index is 13.3. The van der Waals surface area contributed by atoms with Crippen molar-refractivity contribution in [2.45, 2.75) is 19.5 Å². The third-order valence-electron chi connectivity index (χ3n) is 4.84. The maximum atomic E-state index is 13.3. The molecule has 3 aromatic heterocycles. The van der Waals surface area contributed by atoms with Crippen molar-refractivity contribution in [1.29, 1.82) is 0 Å². The van der Waals surface area contributed by atoms with Crippen LogP contribution in [0.5, 0.6) is 0 Å². The monoisotopic (exact) mass is 387 g/mol. The molecule has 0 saturated heterocycles. The standard InChI is InChI=1S/C19H16F3N5O/c1-9-4-11(9)18(28)27-16-6-10-5-15(26-17(23)12(10)8-25-16)13-7-24-3-2-14(13)19(20,21)22/h2-3,5-9,11H,4H2,1H3,(H2,23,26)(H,25,27,28)/t9-,11-/m0/s1. The van der Waals surface area contributed by atoms with Crippen molar-refractivity contribution in [2.24, 2.45) is 11.8 Å². The molecule has 1 fully saturated rings. The molecule has 0 unspecified atom stereocenters. The molecule has 3 heterocycles. The SMILES string of the molecule is C[C@H]1C[C@@H]1C(=O)Nc1cc2cc(-c3cnccc3C(F)(F)F)nc(N)c2cn1. The van der Waals surface area contributed by atoms with Crippen LogP contribution >= 0.6 is 0 Å². The molecule has 1 saturated carbocycles. The number of hydrogen-bond acceptors (Lipinski definition) is 5. The number of nitrogens with one attached hydrogen (secondary N) is 1. The number of fused-ring (bicyclic) bond motifs is 1. The number of halogens is 3. The summed E-state index contributed by atoms with van der Waals surface area (Å²) in [5.41, 5.74) is 4.97. The van der Waals surface area contributed by atoms with Gasteiger partial charge in [0.05, 0.1) is 11.3 Å². The largest absolute Gasteiger partial charge is 0.417 e. The zero-order chi connectivity index (χ0) is 20.1. The summed E-state index contributed by atoms with van der Waals surface area (Å²) in [6, 6.07) is 3.95. The Bertz CT molecular complexity index is 1080. The van der Waals surface area contributed by atoms with E-state index in [0.717, 1.165) is 24.9 Å². The minimum absolute atomic E-state index is 0.0275. The van der Waals surface area contributed by atoms with Crippen molar-refractivity contribution >= 4 is 28.3 Å². The van der Waals surface area contributed by atoms with Crippen LogP contribution in [0.15, 0.2) is 36.8 Å². The number of hydrogen-bond donors (Lipinski definition) is 2. The maximum Gasteiger partial charge on any atom is 0.417 e. The quantitative estimate of drug-likeness (QED) is 0.711. The Morgan fingerprint density at radius 2 is 2.04 bits per heavy atom. The predicted molar refractivity (Wildman–Crippen MR) is 98.1 cm³/mol. The number of nitrogen functional groups attached to an aromatic ring is 1. The van der Waals surface area contributed by atoms with Crippen LogP contribution in [-0.2, 0) is 11.0 Å². The van der Waals surface area contributed by atoms with Crippen LogP contribution in [0.3, 0.4) is 0 Å². The number of nitrogens with two attached hydrogens (primary N) is 1. The average molecular weight is 387 g/mol. The van der Waals surface area contributed by atoms with E-state index in [-0.39, 0.29) is 28.9 Å². The molecule has 4 rings (SSSR count). The predicted octanol–water partition coefficient (Wildman–Crippen LogP) is 3.89. The van der Waals surface area contributed by atoms with Crippen LogP contribution in [-0.4, -0.2) is 20.9 Å². The van der Waals surface area contributed by atoms with Gasteiger partial charge >= 0.3 is 6.18 Å². The number of anilines is 2. The van der Waals surface area contributed by atoms with Gasteiger partial charge in [-0.15, -0.1) is 0 Å². The van der Waals surface area contributed by atoms with Gasteiger partial charge in [-0.3, -0.25) is 9.78 Å². The molecule has 1 aliphatic rings. The molecular formula is C19H16F3N5O. The highest BCUT2D eigenvalue weighted by molar-refractivity contribution is 5.98. The summed E-state index contributed by atoms with van der Waals surface area (Å²) < 4.78 is 40.0. The molecule has 0 radical (unpaired) electrons. The van der Waals surface area contributed by atoms with Crippen molar-refractivity contribution < 1.29 is 18.0 Å². The second-order valence-corrected chi connectivity index (χ2v) is 6.91. The van der Waals surface area contributed by atoms with Gasteiger partial charge in [-0.1, -0.05) is 6.92 Å². The van der Waals surface area contributed by atoms with Gasteiger partial charge in [0, 0.05) is 35.5 Å². The minimum Gasteiger partial charge on any atom is -0.383 e. The summed E-state index contributed by atoms with van der Waals surface area (Å²) in [5.74, 6) is 0.563. The topological polar surface area (TPSA) is 93.8 Å². The highest BCUT2D eigenvalue weighted by atomic mass is 19.4. The molecule has 0 aliphatic heterocycles. The molecule has 0 aromatic carbocycles. The lowest BCUT2D eigenvalue weighted by molar-refractivity contribution is -0.137. The van der Waals surface area contributed by atoms with Gasteiger partial charge in [0.25, 0.3) is 0 Å². The number of carbonyl (C=O) groups is 1. The number of rotatable bonds is 3. The fourth-order valence-corrected chi connectivity index (χ4v) is 3.13. The first-order valence-electron chi connectivity index (χ1n) is 8.63. The van der Waals surface area contributed by atoms with E-state index in [1.54, 1.807) is 6.07 Å². The van der Waals surface area contributed by atoms with Crippen molar-refractivity contribution in [3.05, 3.63) is 42.4 Å². The summed E-state index contributed by atoms with van der Waals surface area (Å²) in [6.45, 7) is 1.99. The number of aromatic nitrogens is 3. The summed E-state index contributed by atoms with van der Waals surface area (Å²) in [7, 11) is 0. The Morgan fingerprint density at radius 3 is 2.71 bits per heavy atom. The van der Waals surface area contributed by atoms with E-state index < -0.39 is 11.7 Å². The molecule has 0 bridgehead atoms. The lowest BCUT2D eigenvalue weighted by Gasteiger charge is -2.13. The van der Waals surface area contributed by atoms with E-state index >= 15 is 0 Å². The molecule has 0 spiro atoms. The van der Waals surface area contributed by atoms with Gasteiger partial charge in [-0.25, -0.2) is 9.97 Å². The van der Waals surface area contributed by atoms with Crippen LogP contribution in [0.4, 0.5) is 24.8 Å².